The molecule has 0 heterocycles. The molecule has 0 aliphatic carbocycles. The molecule has 0 amide bonds. The first-order chi connectivity index (χ1) is 5.77. The van der Waals surface area contributed by atoms with Crippen molar-refractivity contribution in [3.05, 3.63) is 34.3 Å². The minimum Gasteiger partial charge on any atom is -0.121 e. The Kier molecular flexibility index (Phi) is 3.90. The molecule has 0 aliphatic heterocycles. The molecule has 0 saturated carbocycles. The van der Waals surface area contributed by atoms with Crippen LogP contribution < -0.4 is 0 Å². The summed E-state index contributed by atoms with van der Waals surface area (Å²) in [5.41, 5.74) is 2.35. The zero-order valence-corrected chi connectivity index (χ0v) is 8.62. The highest BCUT2D eigenvalue weighted by atomic mass is 35.5. The summed E-state index contributed by atoms with van der Waals surface area (Å²) in [6.45, 7) is 2.16. The maximum Gasteiger partial charge on any atom is 0.0488 e. The number of hydrogen-bond donors (Lipinski definition) is 0. The summed E-state index contributed by atoms with van der Waals surface area (Å²) in [5, 5.41) is 0.768. The lowest BCUT2D eigenvalue weighted by Gasteiger charge is -2.03. The molecule has 1 rings (SSSR count). The highest BCUT2D eigenvalue weighted by Crippen LogP contribution is 2.19. The van der Waals surface area contributed by atoms with Crippen molar-refractivity contribution in [1.29, 1.82) is 0 Å². The fourth-order valence-electron chi connectivity index (χ4n) is 1.17. The molecule has 0 bridgehead atoms. The van der Waals surface area contributed by atoms with Gasteiger partial charge in [0.15, 0.2) is 0 Å². The smallest absolute Gasteiger partial charge is 0.0488 e. The van der Waals surface area contributed by atoms with Gasteiger partial charge in [-0.3, -0.25) is 0 Å². The van der Waals surface area contributed by atoms with Crippen LogP contribution in [0.3, 0.4) is 0 Å². The normalized spacial score (nSPS) is 10.2. The lowest BCUT2D eigenvalue weighted by Crippen LogP contribution is -1.86. The molecule has 1 aromatic carbocycles. The van der Waals surface area contributed by atoms with E-state index in [1.165, 1.54) is 5.56 Å². The zero-order chi connectivity index (χ0) is 8.97. The van der Waals surface area contributed by atoms with Crippen LogP contribution in [0.25, 0.3) is 0 Å². The molecule has 0 aliphatic rings. The molecule has 0 aromatic heterocycles. The first-order valence-corrected chi connectivity index (χ1v) is 5.02. The minimum absolute atomic E-state index is 0.496. The van der Waals surface area contributed by atoms with Crippen LogP contribution in [0, 0.1) is 0 Å². The number of benzene rings is 1. The molecule has 1 aromatic rings. The maximum absolute atomic E-state index is 5.91. The zero-order valence-electron chi connectivity index (χ0n) is 7.11. The molecule has 12 heavy (non-hydrogen) atoms. The molecule has 2 heteroatoms. The van der Waals surface area contributed by atoms with Gasteiger partial charge in [0.1, 0.15) is 0 Å². The Balaban J connectivity index is 2.89. The van der Waals surface area contributed by atoms with E-state index >= 15 is 0 Å². The summed E-state index contributed by atoms with van der Waals surface area (Å²) in [6, 6.07) is 6.06. The Morgan fingerprint density at radius 1 is 1.33 bits per heavy atom. The fourth-order valence-corrected chi connectivity index (χ4v) is 1.65. The Morgan fingerprint density at radius 3 is 2.67 bits per heavy atom. The maximum atomic E-state index is 5.91. The second-order valence-electron chi connectivity index (χ2n) is 2.81. The van der Waals surface area contributed by atoms with Gasteiger partial charge in [-0.25, -0.2) is 0 Å². The van der Waals surface area contributed by atoms with Gasteiger partial charge in [-0.1, -0.05) is 37.1 Å². The third-order valence-corrected chi connectivity index (χ3v) is 2.45. The Bertz CT molecular complexity index is 256. The van der Waals surface area contributed by atoms with E-state index < -0.39 is 0 Å². The SMILES string of the molecule is CCCc1ccc(Cl)c(CCl)c1. The summed E-state index contributed by atoms with van der Waals surface area (Å²) >= 11 is 11.6. The van der Waals surface area contributed by atoms with E-state index in [0.29, 0.717) is 5.88 Å². The van der Waals surface area contributed by atoms with Gasteiger partial charge < -0.3 is 0 Å². The van der Waals surface area contributed by atoms with Crippen molar-refractivity contribution in [1.82, 2.24) is 0 Å². The van der Waals surface area contributed by atoms with Gasteiger partial charge in [-0.05, 0) is 23.6 Å². The number of rotatable bonds is 3. The van der Waals surface area contributed by atoms with Gasteiger partial charge in [0.05, 0.1) is 0 Å². The molecular weight excluding hydrogens is 191 g/mol. The first-order valence-electron chi connectivity index (χ1n) is 4.11. The van der Waals surface area contributed by atoms with Crippen LogP contribution in [0.2, 0.25) is 5.02 Å². The lowest BCUT2D eigenvalue weighted by molar-refractivity contribution is 0.920. The molecule has 0 spiro atoms. The number of halogens is 2. The average Bonchev–Trinajstić information content (AvgIpc) is 2.09. The third kappa shape index (κ3) is 2.40. The summed E-state index contributed by atoms with van der Waals surface area (Å²) < 4.78 is 0. The van der Waals surface area contributed by atoms with Crippen molar-refractivity contribution in [3.8, 4) is 0 Å². The topological polar surface area (TPSA) is 0 Å². The van der Waals surface area contributed by atoms with Gasteiger partial charge in [-0.15, -0.1) is 11.6 Å². The molecular formula is C10H12Cl2. The Morgan fingerprint density at radius 2 is 2.08 bits per heavy atom. The van der Waals surface area contributed by atoms with E-state index in [1.807, 2.05) is 6.07 Å². The van der Waals surface area contributed by atoms with E-state index in [4.69, 9.17) is 23.2 Å². The molecule has 66 valence electrons. The summed E-state index contributed by atoms with van der Waals surface area (Å²) in [5.74, 6) is 0.496. The second-order valence-corrected chi connectivity index (χ2v) is 3.48. The van der Waals surface area contributed by atoms with E-state index in [0.717, 1.165) is 23.4 Å². The lowest BCUT2D eigenvalue weighted by atomic mass is 10.1. The van der Waals surface area contributed by atoms with Crippen LogP contribution >= 0.6 is 23.2 Å². The predicted octanol–water partition coefficient (Wildman–Crippen LogP) is 4.03. The second kappa shape index (κ2) is 4.74. The standard InChI is InChI=1S/C10H12Cl2/c1-2-3-8-4-5-10(12)9(6-8)7-11/h4-6H,2-3,7H2,1H3. The van der Waals surface area contributed by atoms with Crippen molar-refractivity contribution >= 4 is 23.2 Å². The highest BCUT2D eigenvalue weighted by molar-refractivity contribution is 6.32. The van der Waals surface area contributed by atoms with Crippen LogP contribution in [-0.2, 0) is 12.3 Å². The Hall–Kier alpha value is -0.200. The van der Waals surface area contributed by atoms with Gasteiger partial charge in [0.2, 0.25) is 0 Å². The van der Waals surface area contributed by atoms with E-state index in [9.17, 15) is 0 Å². The summed E-state index contributed by atoms with van der Waals surface area (Å²) in [7, 11) is 0. The van der Waals surface area contributed by atoms with E-state index in [2.05, 4.69) is 19.1 Å². The fraction of sp³-hybridized carbons (Fsp3) is 0.400. The number of aryl methyl sites for hydroxylation is 1. The monoisotopic (exact) mass is 202 g/mol. The quantitative estimate of drug-likeness (QED) is 0.650. The van der Waals surface area contributed by atoms with Crippen LogP contribution in [-0.4, -0.2) is 0 Å². The summed E-state index contributed by atoms with van der Waals surface area (Å²) in [6.07, 6.45) is 2.25. The van der Waals surface area contributed by atoms with Crippen LogP contribution in [0.1, 0.15) is 24.5 Å². The average molecular weight is 203 g/mol. The Labute approximate surface area is 83.5 Å². The predicted molar refractivity (Wildman–Crippen MR) is 55.0 cm³/mol. The molecule has 0 saturated heterocycles. The van der Waals surface area contributed by atoms with Crippen LogP contribution in [0.5, 0.6) is 0 Å². The largest absolute Gasteiger partial charge is 0.121 e. The molecule has 0 radical (unpaired) electrons. The van der Waals surface area contributed by atoms with Gasteiger partial charge in [-0.2, -0.15) is 0 Å². The van der Waals surface area contributed by atoms with Gasteiger partial charge in [0.25, 0.3) is 0 Å². The minimum atomic E-state index is 0.496. The van der Waals surface area contributed by atoms with Crippen molar-refractivity contribution in [2.24, 2.45) is 0 Å². The van der Waals surface area contributed by atoms with Gasteiger partial charge >= 0.3 is 0 Å². The van der Waals surface area contributed by atoms with Crippen molar-refractivity contribution in [2.75, 3.05) is 0 Å². The summed E-state index contributed by atoms with van der Waals surface area (Å²) in [4.78, 5) is 0. The van der Waals surface area contributed by atoms with Crippen LogP contribution in [0.4, 0.5) is 0 Å². The highest BCUT2D eigenvalue weighted by Gasteiger charge is 1.99. The molecule has 0 unspecified atom stereocenters. The van der Waals surface area contributed by atoms with Gasteiger partial charge in [0, 0.05) is 10.9 Å². The number of alkyl halides is 1. The van der Waals surface area contributed by atoms with Crippen LogP contribution in [0.15, 0.2) is 18.2 Å². The van der Waals surface area contributed by atoms with Crippen molar-refractivity contribution in [2.45, 2.75) is 25.6 Å². The molecule has 0 fully saturated rings. The molecule has 0 atom stereocenters. The first kappa shape index (κ1) is 9.88. The van der Waals surface area contributed by atoms with Crippen molar-refractivity contribution in [3.63, 3.8) is 0 Å². The van der Waals surface area contributed by atoms with E-state index in [1.54, 1.807) is 0 Å². The third-order valence-electron chi connectivity index (χ3n) is 1.79. The molecule has 0 nitrogen and oxygen atoms in total. The number of hydrogen-bond acceptors (Lipinski definition) is 0. The van der Waals surface area contributed by atoms with Crippen molar-refractivity contribution < 1.29 is 0 Å². The molecule has 0 N–H and O–H groups in total. The van der Waals surface area contributed by atoms with E-state index in [-0.39, 0.29) is 0 Å².